The van der Waals surface area contributed by atoms with Gasteiger partial charge in [0.05, 0.1) is 10.6 Å². The van der Waals surface area contributed by atoms with Crippen LogP contribution in [0.3, 0.4) is 0 Å². The minimum atomic E-state index is -1.14. The molecule has 0 aromatic heterocycles. The number of carboxylic acid groups (broad SMARTS) is 1. The summed E-state index contributed by atoms with van der Waals surface area (Å²) in [6, 6.07) is 4.24. The van der Waals surface area contributed by atoms with Crippen LogP contribution < -0.4 is 10.1 Å². The van der Waals surface area contributed by atoms with Crippen molar-refractivity contribution in [3.05, 3.63) is 28.8 Å². The third-order valence-electron chi connectivity index (χ3n) is 2.90. The Labute approximate surface area is 122 Å². The van der Waals surface area contributed by atoms with Crippen molar-refractivity contribution in [2.75, 3.05) is 6.61 Å². The molecule has 110 valence electrons. The average Bonchev–Trinajstić information content (AvgIpc) is 2.37. The monoisotopic (exact) mass is 299 g/mol. The van der Waals surface area contributed by atoms with E-state index >= 15 is 0 Å². The molecule has 0 spiro atoms. The maximum absolute atomic E-state index is 11.7. The molecule has 0 bridgehead atoms. The van der Waals surface area contributed by atoms with Crippen LogP contribution in [0.2, 0.25) is 5.02 Å². The minimum Gasteiger partial charge on any atom is -0.484 e. The zero-order chi connectivity index (χ0) is 15.3. The molecule has 1 rings (SSSR count). The molecular formula is C14H18ClNO4. The third-order valence-corrected chi connectivity index (χ3v) is 3.23. The van der Waals surface area contributed by atoms with Crippen LogP contribution in [-0.2, 0) is 4.79 Å². The second-order valence-corrected chi connectivity index (χ2v) is 5.43. The normalized spacial score (nSPS) is 11.0. The molecule has 0 heterocycles. The van der Waals surface area contributed by atoms with E-state index in [-0.39, 0.29) is 34.4 Å². The number of halogens is 1. The van der Waals surface area contributed by atoms with E-state index in [0.29, 0.717) is 0 Å². The third kappa shape index (κ3) is 4.74. The summed E-state index contributed by atoms with van der Waals surface area (Å²) in [5.41, 5.74) is -0.356. The number of carbonyl (C=O) groups excluding carboxylic acids is 1. The summed E-state index contributed by atoms with van der Waals surface area (Å²) in [6.07, 6.45) is 0.794. The quantitative estimate of drug-likeness (QED) is 0.847. The second-order valence-electron chi connectivity index (χ2n) is 5.02. The summed E-state index contributed by atoms with van der Waals surface area (Å²) in [7, 11) is 0. The number of amides is 1. The van der Waals surface area contributed by atoms with Gasteiger partial charge in [-0.1, -0.05) is 18.5 Å². The predicted molar refractivity (Wildman–Crippen MR) is 76.4 cm³/mol. The summed E-state index contributed by atoms with van der Waals surface area (Å²) in [5, 5.41) is 11.9. The van der Waals surface area contributed by atoms with Gasteiger partial charge in [-0.05, 0) is 38.5 Å². The molecule has 0 fully saturated rings. The summed E-state index contributed by atoms with van der Waals surface area (Å²) >= 11 is 5.74. The lowest BCUT2D eigenvalue weighted by Crippen LogP contribution is -2.44. The van der Waals surface area contributed by atoms with Gasteiger partial charge in [0.15, 0.2) is 6.61 Å². The largest absolute Gasteiger partial charge is 0.484 e. The zero-order valence-electron chi connectivity index (χ0n) is 11.7. The molecule has 1 amide bonds. The van der Waals surface area contributed by atoms with E-state index in [0.717, 1.165) is 6.42 Å². The Morgan fingerprint density at radius 1 is 1.40 bits per heavy atom. The highest BCUT2D eigenvalue weighted by Gasteiger charge is 2.18. The summed E-state index contributed by atoms with van der Waals surface area (Å²) in [5.74, 6) is -1.11. The van der Waals surface area contributed by atoms with Gasteiger partial charge in [-0.2, -0.15) is 0 Å². The van der Waals surface area contributed by atoms with Crippen LogP contribution >= 0.6 is 11.6 Å². The Morgan fingerprint density at radius 3 is 2.60 bits per heavy atom. The number of benzene rings is 1. The van der Waals surface area contributed by atoms with Crippen molar-refractivity contribution in [1.29, 1.82) is 0 Å². The molecule has 0 radical (unpaired) electrons. The molecule has 6 heteroatoms. The van der Waals surface area contributed by atoms with E-state index in [1.165, 1.54) is 18.2 Å². The lowest BCUT2D eigenvalue weighted by Gasteiger charge is -2.24. The number of nitrogens with one attached hydrogen (secondary N) is 1. The standard InChI is InChI=1S/C14H18ClNO4/c1-4-14(2,3)16-12(17)8-20-9-5-6-11(15)10(7-9)13(18)19/h5-7H,4,8H2,1-3H3,(H,16,17)(H,18,19). The molecule has 1 aromatic carbocycles. The smallest absolute Gasteiger partial charge is 0.337 e. The number of hydrogen-bond acceptors (Lipinski definition) is 3. The molecule has 1 aromatic rings. The van der Waals surface area contributed by atoms with Crippen LogP contribution in [0.4, 0.5) is 0 Å². The fourth-order valence-corrected chi connectivity index (χ4v) is 1.61. The van der Waals surface area contributed by atoms with Crippen molar-refractivity contribution in [2.45, 2.75) is 32.7 Å². The fourth-order valence-electron chi connectivity index (χ4n) is 1.41. The van der Waals surface area contributed by atoms with Crippen molar-refractivity contribution < 1.29 is 19.4 Å². The van der Waals surface area contributed by atoms with Crippen molar-refractivity contribution in [2.24, 2.45) is 0 Å². The summed E-state index contributed by atoms with van der Waals surface area (Å²) < 4.78 is 5.27. The van der Waals surface area contributed by atoms with Crippen LogP contribution in [0.5, 0.6) is 5.75 Å². The second kappa shape index (κ2) is 6.61. The SMILES string of the molecule is CCC(C)(C)NC(=O)COc1ccc(Cl)c(C(=O)O)c1. The van der Waals surface area contributed by atoms with Gasteiger partial charge in [0.1, 0.15) is 5.75 Å². The summed E-state index contributed by atoms with van der Waals surface area (Å²) in [6.45, 7) is 5.62. The number of rotatable bonds is 6. The first-order valence-corrected chi connectivity index (χ1v) is 6.59. The van der Waals surface area contributed by atoms with Gasteiger partial charge < -0.3 is 15.2 Å². The molecule has 0 saturated heterocycles. The number of carbonyl (C=O) groups is 2. The maximum atomic E-state index is 11.7. The molecule has 0 unspecified atom stereocenters. The fraction of sp³-hybridized carbons (Fsp3) is 0.429. The minimum absolute atomic E-state index is 0.0570. The Hall–Kier alpha value is -1.75. The Balaban J connectivity index is 2.64. The van der Waals surface area contributed by atoms with E-state index in [4.69, 9.17) is 21.4 Å². The van der Waals surface area contributed by atoms with Crippen molar-refractivity contribution in [1.82, 2.24) is 5.32 Å². The first-order valence-electron chi connectivity index (χ1n) is 6.22. The molecule has 0 aliphatic carbocycles. The molecule has 0 saturated carbocycles. The predicted octanol–water partition coefficient (Wildman–Crippen LogP) is 2.72. The van der Waals surface area contributed by atoms with E-state index in [1.54, 1.807) is 0 Å². The van der Waals surface area contributed by atoms with Gasteiger partial charge in [0.25, 0.3) is 5.91 Å². The Bertz CT molecular complexity index is 514. The lowest BCUT2D eigenvalue weighted by atomic mass is 10.0. The zero-order valence-corrected chi connectivity index (χ0v) is 12.5. The van der Waals surface area contributed by atoms with Crippen LogP contribution in [0, 0.1) is 0 Å². The molecule has 2 N–H and O–H groups in total. The van der Waals surface area contributed by atoms with Gasteiger partial charge in [-0.25, -0.2) is 4.79 Å². The number of carboxylic acids is 1. The van der Waals surface area contributed by atoms with Gasteiger partial charge in [-0.3, -0.25) is 4.79 Å². The Kier molecular flexibility index (Phi) is 5.39. The van der Waals surface area contributed by atoms with Crippen LogP contribution in [0.25, 0.3) is 0 Å². The topological polar surface area (TPSA) is 75.6 Å². The molecule has 0 atom stereocenters. The first kappa shape index (κ1) is 16.3. The van der Waals surface area contributed by atoms with E-state index in [2.05, 4.69) is 5.32 Å². The highest BCUT2D eigenvalue weighted by Crippen LogP contribution is 2.22. The van der Waals surface area contributed by atoms with Gasteiger partial charge in [0.2, 0.25) is 0 Å². The summed E-state index contributed by atoms with van der Waals surface area (Å²) in [4.78, 5) is 22.6. The molecule has 0 aliphatic heterocycles. The molecular weight excluding hydrogens is 282 g/mol. The lowest BCUT2D eigenvalue weighted by molar-refractivity contribution is -0.124. The van der Waals surface area contributed by atoms with Gasteiger partial charge >= 0.3 is 5.97 Å². The first-order chi connectivity index (χ1) is 9.25. The van der Waals surface area contributed by atoms with Crippen molar-refractivity contribution in [3.8, 4) is 5.75 Å². The maximum Gasteiger partial charge on any atom is 0.337 e. The van der Waals surface area contributed by atoms with Gasteiger partial charge in [-0.15, -0.1) is 0 Å². The molecule has 0 aliphatic rings. The number of ether oxygens (including phenoxy) is 1. The highest BCUT2D eigenvalue weighted by atomic mass is 35.5. The van der Waals surface area contributed by atoms with Crippen LogP contribution in [-0.4, -0.2) is 29.1 Å². The molecule has 5 nitrogen and oxygen atoms in total. The van der Waals surface area contributed by atoms with Crippen LogP contribution in [0.1, 0.15) is 37.6 Å². The van der Waals surface area contributed by atoms with Gasteiger partial charge in [0, 0.05) is 5.54 Å². The number of hydrogen-bond donors (Lipinski definition) is 2. The van der Waals surface area contributed by atoms with Crippen LogP contribution in [0.15, 0.2) is 18.2 Å². The average molecular weight is 300 g/mol. The Morgan fingerprint density at radius 2 is 2.05 bits per heavy atom. The molecule has 20 heavy (non-hydrogen) atoms. The van der Waals surface area contributed by atoms with E-state index < -0.39 is 5.97 Å². The van der Waals surface area contributed by atoms with Crippen molar-refractivity contribution >= 4 is 23.5 Å². The van der Waals surface area contributed by atoms with E-state index in [9.17, 15) is 9.59 Å². The van der Waals surface area contributed by atoms with Crippen molar-refractivity contribution in [3.63, 3.8) is 0 Å². The van der Waals surface area contributed by atoms with E-state index in [1.807, 2.05) is 20.8 Å². The highest BCUT2D eigenvalue weighted by molar-refractivity contribution is 6.33. The number of aromatic carboxylic acids is 1.